The Hall–Kier alpha value is -2.05. The van der Waals surface area contributed by atoms with E-state index < -0.39 is 0 Å². The van der Waals surface area contributed by atoms with Gasteiger partial charge in [0.2, 0.25) is 0 Å². The van der Waals surface area contributed by atoms with Crippen molar-refractivity contribution < 1.29 is 14.6 Å². The van der Waals surface area contributed by atoms with Gasteiger partial charge in [-0.1, -0.05) is 20.8 Å². The zero-order valence-corrected chi connectivity index (χ0v) is 17.9. The van der Waals surface area contributed by atoms with Crippen LogP contribution in [-0.4, -0.2) is 46.3 Å². The number of rotatable bonds is 5. The highest BCUT2D eigenvalue weighted by Crippen LogP contribution is 2.44. The minimum Gasteiger partial charge on any atom is -0.493 e. The number of nitrogens with one attached hydrogen (secondary N) is 1. The molecule has 0 saturated carbocycles. The SMILES string of the molecule is COc1cc2c(cc1OCc1ncc[nH]1)CCN1CC(CC(C)(C)C)C(O)CC21. The number of H-pyrrole nitrogens is 1. The summed E-state index contributed by atoms with van der Waals surface area (Å²) in [7, 11) is 1.68. The van der Waals surface area contributed by atoms with Crippen LogP contribution in [0.2, 0.25) is 0 Å². The lowest BCUT2D eigenvalue weighted by molar-refractivity contribution is -0.0259. The molecule has 29 heavy (non-hydrogen) atoms. The smallest absolute Gasteiger partial charge is 0.162 e. The number of hydrogen-bond acceptors (Lipinski definition) is 5. The molecule has 3 unspecified atom stereocenters. The van der Waals surface area contributed by atoms with Gasteiger partial charge >= 0.3 is 0 Å². The Morgan fingerprint density at radius 2 is 2.10 bits per heavy atom. The molecule has 0 amide bonds. The summed E-state index contributed by atoms with van der Waals surface area (Å²) in [5, 5.41) is 10.9. The van der Waals surface area contributed by atoms with Gasteiger partial charge in [0.05, 0.1) is 13.2 Å². The van der Waals surface area contributed by atoms with E-state index in [0.29, 0.717) is 12.5 Å². The lowest BCUT2D eigenvalue weighted by Gasteiger charge is -2.47. The molecule has 1 fully saturated rings. The Labute approximate surface area is 173 Å². The first kappa shape index (κ1) is 20.2. The second-order valence-corrected chi connectivity index (χ2v) is 9.62. The fraction of sp³-hybridized carbons (Fsp3) is 0.609. The average Bonchev–Trinajstić information content (AvgIpc) is 3.19. The summed E-state index contributed by atoms with van der Waals surface area (Å²) in [6.45, 7) is 9.13. The molecule has 6 nitrogen and oxygen atoms in total. The lowest BCUT2D eigenvalue weighted by atomic mass is 9.75. The highest BCUT2D eigenvalue weighted by molar-refractivity contribution is 5.49. The van der Waals surface area contributed by atoms with Crippen molar-refractivity contribution in [2.24, 2.45) is 11.3 Å². The number of aliphatic hydroxyl groups excluding tert-OH is 1. The number of ether oxygens (including phenoxy) is 2. The van der Waals surface area contributed by atoms with Crippen LogP contribution in [0.1, 0.15) is 56.6 Å². The zero-order valence-electron chi connectivity index (χ0n) is 17.9. The highest BCUT2D eigenvalue weighted by Gasteiger charge is 2.39. The molecule has 0 radical (unpaired) electrons. The topological polar surface area (TPSA) is 70.6 Å². The van der Waals surface area contributed by atoms with E-state index in [2.05, 4.69) is 47.8 Å². The number of hydrogen-bond donors (Lipinski definition) is 2. The number of aliphatic hydroxyl groups is 1. The summed E-state index contributed by atoms with van der Waals surface area (Å²) >= 11 is 0. The summed E-state index contributed by atoms with van der Waals surface area (Å²) in [5.74, 6) is 2.61. The van der Waals surface area contributed by atoms with E-state index in [9.17, 15) is 5.11 Å². The van der Waals surface area contributed by atoms with Gasteiger partial charge in [0.25, 0.3) is 0 Å². The van der Waals surface area contributed by atoms with Gasteiger partial charge in [-0.25, -0.2) is 4.98 Å². The number of nitrogens with zero attached hydrogens (tertiary/aromatic N) is 2. The maximum absolute atomic E-state index is 10.9. The van der Waals surface area contributed by atoms with Crippen LogP contribution in [0.4, 0.5) is 0 Å². The Morgan fingerprint density at radius 1 is 1.28 bits per heavy atom. The number of methoxy groups -OCH3 is 1. The van der Waals surface area contributed by atoms with E-state index >= 15 is 0 Å². The Morgan fingerprint density at radius 3 is 2.79 bits per heavy atom. The number of aromatic amines is 1. The van der Waals surface area contributed by atoms with E-state index in [1.807, 2.05) is 0 Å². The van der Waals surface area contributed by atoms with Gasteiger partial charge in [-0.15, -0.1) is 0 Å². The van der Waals surface area contributed by atoms with Crippen LogP contribution in [0.15, 0.2) is 24.5 Å². The minimum absolute atomic E-state index is 0.232. The van der Waals surface area contributed by atoms with Crippen molar-refractivity contribution in [2.75, 3.05) is 20.2 Å². The first-order valence-corrected chi connectivity index (χ1v) is 10.6. The largest absolute Gasteiger partial charge is 0.493 e. The van der Waals surface area contributed by atoms with Crippen molar-refractivity contribution >= 4 is 0 Å². The number of aromatic nitrogens is 2. The molecule has 0 aliphatic carbocycles. The maximum atomic E-state index is 10.9. The molecule has 2 aromatic rings. The quantitative estimate of drug-likeness (QED) is 0.802. The molecule has 2 aliphatic rings. The predicted molar refractivity (Wildman–Crippen MR) is 112 cm³/mol. The molecule has 3 heterocycles. The van der Waals surface area contributed by atoms with Crippen LogP contribution >= 0.6 is 0 Å². The van der Waals surface area contributed by atoms with Crippen LogP contribution < -0.4 is 9.47 Å². The average molecular weight is 400 g/mol. The first-order valence-electron chi connectivity index (χ1n) is 10.6. The number of imidazole rings is 1. The van der Waals surface area contributed by atoms with E-state index in [1.165, 1.54) is 11.1 Å². The Kier molecular flexibility index (Phi) is 5.58. The molecule has 0 spiro atoms. The molecule has 0 bridgehead atoms. The van der Waals surface area contributed by atoms with Gasteiger partial charge in [0, 0.05) is 31.5 Å². The molecule has 6 heteroatoms. The summed E-state index contributed by atoms with van der Waals surface area (Å²) in [4.78, 5) is 9.82. The fourth-order valence-electron chi connectivity index (χ4n) is 4.88. The maximum Gasteiger partial charge on any atom is 0.162 e. The van der Waals surface area contributed by atoms with Gasteiger partial charge in [0.1, 0.15) is 12.4 Å². The van der Waals surface area contributed by atoms with Crippen LogP contribution in [0.5, 0.6) is 11.5 Å². The summed E-state index contributed by atoms with van der Waals surface area (Å²) < 4.78 is 11.6. The Bertz CT molecular complexity index is 829. The third-order valence-corrected chi connectivity index (χ3v) is 6.17. The molecule has 1 saturated heterocycles. The van der Waals surface area contributed by atoms with Crippen LogP contribution in [0.25, 0.3) is 0 Å². The second kappa shape index (κ2) is 8.00. The first-order chi connectivity index (χ1) is 13.8. The van der Waals surface area contributed by atoms with Crippen molar-refractivity contribution in [2.45, 2.75) is 58.8 Å². The van der Waals surface area contributed by atoms with E-state index in [1.54, 1.807) is 19.5 Å². The van der Waals surface area contributed by atoms with Crippen LogP contribution in [0.3, 0.4) is 0 Å². The molecule has 3 atom stereocenters. The van der Waals surface area contributed by atoms with Gasteiger partial charge < -0.3 is 19.6 Å². The fourth-order valence-corrected chi connectivity index (χ4v) is 4.88. The molecular formula is C23H33N3O3. The monoisotopic (exact) mass is 399 g/mol. The van der Waals surface area contributed by atoms with Gasteiger partial charge in [-0.2, -0.15) is 0 Å². The normalized spacial score (nSPS) is 24.7. The lowest BCUT2D eigenvalue weighted by Crippen LogP contribution is -2.48. The van der Waals surface area contributed by atoms with E-state index in [0.717, 1.165) is 49.7 Å². The number of benzene rings is 1. The number of piperidine rings is 1. The minimum atomic E-state index is -0.262. The van der Waals surface area contributed by atoms with E-state index in [4.69, 9.17) is 9.47 Å². The van der Waals surface area contributed by atoms with Crippen molar-refractivity contribution in [1.82, 2.24) is 14.9 Å². The molecule has 158 valence electrons. The van der Waals surface area contributed by atoms with Crippen LogP contribution in [0, 0.1) is 11.3 Å². The Balaban J connectivity index is 1.54. The predicted octanol–water partition coefficient (Wildman–Crippen LogP) is 3.71. The molecule has 2 N–H and O–H groups in total. The van der Waals surface area contributed by atoms with Crippen LogP contribution in [-0.2, 0) is 13.0 Å². The summed E-state index contributed by atoms with van der Waals surface area (Å²) in [6.07, 6.45) is 6.07. The standard InChI is InChI=1S/C23H33N3O3/c1-23(2,3)12-16-13-26-8-5-15-9-21(29-14-22-24-6-7-25-22)20(28-4)10-17(15)18(26)11-19(16)27/h6-7,9-10,16,18-19,27H,5,8,11-14H2,1-4H3,(H,24,25). The zero-order chi connectivity index (χ0) is 20.6. The molecular weight excluding hydrogens is 366 g/mol. The molecule has 4 rings (SSSR count). The molecule has 1 aromatic heterocycles. The molecule has 2 aliphatic heterocycles. The number of fused-ring (bicyclic) bond motifs is 3. The van der Waals surface area contributed by atoms with Crippen molar-refractivity contribution in [3.05, 3.63) is 41.5 Å². The van der Waals surface area contributed by atoms with Crippen molar-refractivity contribution in [1.29, 1.82) is 0 Å². The highest BCUT2D eigenvalue weighted by atomic mass is 16.5. The van der Waals surface area contributed by atoms with Crippen molar-refractivity contribution in [3.8, 4) is 11.5 Å². The molecule has 1 aromatic carbocycles. The van der Waals surface area contributed by atoms with Gasteiger partial charge in [-0.3, -0.25) is 4.90 Å². The van der Waals surface area contributed by atoms with Crippen molar-refractivity contribution in [3.63, 3.8) is 0 Å². The third-order valence-electron chi connectivity index (χ3n) is 6.17. The van der Waals surface area contributed by atoms with Gasteiger partial charge in [-0.05, 0) is 53.9 Å². The second-order valence-electron chi connectivity index (χ2n) is 9.62. The van der Waals surface area contributed by atoms with Gasteiger partial charge in [0.15, 0.2) is 11.5 Å². The summed E-state index contributed by atoms with van der Waals surface area (Å²) in [5.41, 5.74) is 2.80. The third kappa shape index (κ3) is 4.43. The summed E-state index contributed by atoms with van der Waals surface area (Å²) in [6, 6.07) is 4.47. The van der Waals surface area contributed by atoms with E-state index in [-0.39, 0.29) is 17.6 Å².